The fourth-order valence-corrected chi connectivity index (χ4v) is 3.29. The van der Waals surface area contributed by atoms with Crippen LogP contribution >= 0.6 is 11.8 Å². The van der Waals surface area contributed by atoms with E-state index in [1.165, 1.54) is 30.6 Å². The standard InChI is InChI=1S/C16H23NS/c1-3-4-5-9-12-16(2,13-14-17)18-15-10-7-6-8-11-15/h6-8,10-11H,3-5,9,12-13H2,1-2H3. The summed E-state index contributed by atoms with van der Waals surface area (Å²) in [4.78, 5) is 1.27. The van der Waals surface area contributed by atoms with Gasteiger partial charge in [-0.3, -0.25) is 0 Å². The van der Waals surface area contributed by atoms with Gasteiger partial charge in [0.05, 0.1) is 6.07 Å². The molecular formula is C16H23NS. The highest BCUT2D eigenvalue weighted by molar-refractivity contribution is 8.00. The van der Waals surface area contributed by atoms with Crippen LogP contribution in [0.3, 0.4) is 0 Å². The Kier molecular flexibility index (Phi) is 6.90. The lowest BCUT2D eigenvalue weighted by Crippen LogP contribution is -2.19. The van der Waals surface area contributed by atoms with E-state index in [9.17, 15) is 0 Å². The lowest BCUT2D eigenvalue weighted by atomic mass is 9.99. The van der Waals surface area contributed by atoms with Gasteiger partial charge in [-0.2, -0.15) is 5.26 Å². The summed E-state index contributed by atoms with van der Waals surface area (Å²) >= 11 is 1.85. The van der Waals surface area contributed by atoms with Crippen LogP contribution in [-0.4, -0.2) is 4.75 Å². The van der Waals surface area contributed by atoms with E-state index in [1.54, 1.807) is 0 Å². The molecule has 0 bridgehead atoms. The molecule has 2 heteroatoms. The number of benzene rings is 1. The maximum Gasteiger partial charge on any atom is 0.0636 e. The van der Waals surface area contributed by atoms with Crippen LogP contribution in [0.25, 0.3) is 0 Å². The zero-order valence-corrected chi connectivity index (χ0v) is 12.3. The first-order valence-corrected chi connectivity index (χ1v) is 7.63. The topological polar surface area (TPSA) is 23.8 Å². The molecule has 1 atom stereocenters. The lowest BCUT2D eigenvalue weighted by Gasteiger charge is -2.26. The summed E-state index contributed by atoms with van der Waals surface area (Å²) in [5, 5.41) is 9.02. The summed E-state index contributed by atoms with van der Waals surface area (Å²) in [6.45, 7) is 4.45. The third kappa shape index (κ3) is 5.60. The second kappa shape index (κ2) is 8.21. The fourth-order valence-electron chi connectivity index (χ4n) is 2.04. The van der Waals surface area contributed by atoms with E-state index < -0.39 is 0 Å². The first-order chi connectivity index (χ1) is 8.70. The van der Waals surface area contributed by atoms with Gasteiger partial charge in [-0.05, 0) is 25.5 Å². The summed E-state index contributed by atoms with van der Waals surface area (Å²) in [6.07, 6.45) is 6.83. The van der Waals surface area contributed by atoms with Crippen LogP contribution in [0, 0.1) is 11.3 Å². The third-order valence-corrected chi connectivity index (χ3v) is 4.47. The molecule has 0 aliphatic rings. The van der Waals surface area contributed by atoms with Gasteiger partial charge in [0.15, 0.2) is 0 Å². The number of thioether (sulfide) groups is 1. The number of nitrogens with zero attached hydrogens (tertiary/aromatic N) is 1. The van der Waals surface area contributed by atoms with Crippen molar-refractivity contribution in [2.45, 2.75) is 62.0 Å². The number of hydrogen-bond acceptors (Lipinski definition) is 2. The van der Waals surface area contributed by atoms with Gasteiger partial charge in [0.1, 0.15) is 0 Å². The molecule has 0 fully saturated rings. The third-order valence-electron chi connectivity index (χ3n) is 3.12. The largest absolute Gasteiger partial charge is 0.198 e. The van der Waals surface area contributed by atoms with Gasteiger partial charge < -0.3 is 0 Å². The summed E-state index contributed by atoms with van der Waals surface area (Å²) < 4.78 is 0.0594. The fraction of sp³-hybridized carbons (Fsp3) is 0.562. The minimum Gasteiger partial charge on any atom is -0.198 e. The summed E-state index contributed by atoms with van der Waals surface area (Å²) in [5.41, 5.74) is 0. The van der Waals surface area contributed by atoms with Crippen molar-refractivity contribution in [2.24, 2.45) is 0 Å². The van der Waals surface area contributed by atoms with Gasteiger partial charge in [-0.15, -0.1) is 11.8 Å². The Hall–Kier alpha value is -0.940. The van der Waals surface area contributed by atoms with Gasteiger partial charge >= 0.3 is 0 Å². The Morgan fingerprint density at radius 1 is 1.17 bits per heavy atom. The van der Waals surface area contributed by atoms with Crippen molar-refractivity contribution < 1.29 is 0 Å². The first-order valence-electron chi connectivity index (χ1n) is 6.81. The Morgan fingerprint density at radius 2 is 1.89 bits per heavy atom. The molecule has 0 saturated heterocycles. The van der Waals surface area contributed by atoms with E-state index in [4.69, 9.17) is 5.26 Å². The highest BCUT2D eigenvalue weighted by Crippen LogP contribution is 2.39. The SMILES string of the molecule is CCCCCCC(C)(CC#N)Sc1ccccc1. The molecule has 0 aliphatic heterocycles. The van der Waals surface area contributed by atoms with Gasteiger partial charge in [-0.1, -0.05) is 50.8 Å². The van der Waals surface area contributed by atoms with Gasteiger partial charge in [0, 0.05) is 16.1 Å². The van der Waals surface area contributed by atoms with Crippen LogP contribution < -0.4 is 0 Å². The molecule has 0 heterocycles. The average molecular weight is 261 g/mol. The van der Waals surface area contributed by atoms with E-state index >= 15 is 0 Å². The number of nitriles is 1. The predicted molar refractivity (Wildman–Crippen MR) is 79.7 cm³/mol. The van der Waals surface area contributed by atoms with Gasteiger partial charge in [0.25, 0.3) is 0 Å². The van der Waals surface area contributed by atoms with Crippen molar-refractivity contribution in [3.05, 3.63) is 30.3 Å². The van der Waals surface area contributed by atoms with Gasteiger partial charge in [0.2, 0.25) is 0 Å². The summed E-state index contributed by atoms with van der Waals surface area (Å²) in [7, 11) is 0. The van der Waals surface area contributed by atoms with Crippen molar-refractivity contribution >= 4 is 11.8 Å². The average Bonchev–Trinajstić information content (AvgIpc) is 2.36. The second-order valence-electron chi connectivity index (χ2n) is 5.01. The van der Waals surface area contributed by atoms with Gasteiger partial charge in [-0.25, -0.2) is 0 Å². The zero-order valence-electron chi connectivity index (χ0n) is 11.5. The highest BCUT2D eigenvalue weighted by Gasteiger charge is 2.24. The summed E-state index contributed by atoms with van der Waals surface area (Å²) in [6, 6.07) is 12.8. The molecule has 0 spiro atoms. The maximum absolute atomic E-state index is 9.02. The molecule has 98 valence electrons. The Balaban J connectivity index is 2.54. The summed E-state index contributed by atoms with van der Waals surface area (Å²) in [5.74, 6) is 0. The van der Waals surface area contributed by atoms with E-state index in [0.717, 1.165) is 6.42 Å². The van der Waals surface area contributed by atoms with Crippen molar-refractivity contribution in [3.8, 4) is 6.07 Å². The normalized spacial score (nSPS) is 13.8. The van der Waals surface area contributed by atoms with Crippen molar-refractivity contribution in [1.82, 2.24) is 0 Å². The number of unbranched alkanes of at least 4 members (excludes halogenated alkanes) is 3. The first kappa shape index (κ1) is 15.1. The van der Waals surface area contributed by atoms with Crippen LogP contribution in [0.1, 0.15) is 52.4 Å². The molecule has 0 N–H and O–H groups in total. The minimum absolute atomic E-state index is 0.0594. The minimum atomic E-state index is 0.0594. The van der Waals surface area contributed by atoms with E-state index in [0.29, 0.717) is 6.42 Å². The van der Waals surface area contributed by atoms with Crippen LogP contribution in [0.15, 0.2) is 35.2 Å². The second-order valence-corrected chi connectivity index (χ2v) is 6.67. The smallest absolute Gasteiger partial charge is 0.0636 e. The molecule has 0 aliphatic carbocycles. The molecule has 0 amide bonds. The molecule has 1 unspecified atom stereocenters. The van der Waals surface area contributed by atoms with E-state index in [2.05, 4.69) is 44.2 Å². The molecule has 0 aromatic heterocycles. The Bertz CT molecular complexity index is 368. The quantitative estimate of drug-likeness (QED) is 0.461. The Morgan fingerprint density at radius 3 is 2.50 bits per heavy atom. The lowest BCUT2D eigenvalue weighted by molar-refractivity contribution is 0.536. The van der Waals surface area contributed by atoms with Crippen LogP contribution in [-0.2, 0) is 0 Å². The molecule has 18 heavy (non-hydrogen) atoms. The van der Waals surface area contributed by atoms with Crippen LogP contribution in [0.4, 0.5) is 0 Å². The zero-order chi connectivity index (χ0) is 13.3. The molecule has 1 aromatic carbocycles. The maximum atomic E-state index is 9.02. The van der Waals surface area contributed by atoms with E-state index in [-0.39, 0.29) is 4.75 Å². The molecule has 1 rings (SSSR count). The monoisotopic (exact) mass is 261 g/mol. The number of hydrogen-bond donors (Lipinski definition) is 0. The van der Waals surface area contributed by atoms with Crippen LogP contribution in [0.5, 0.6) is 0 Å². The Labute approximate surface area is 116 Å². The van der Waals surface area contributed by atoms with Crippen molar-refractivity contribution in [1.29, 1.82) is 5.26 Å². The number of rotatable bonds is 8. The molecular weight excluding hydrogens is 238 g/mol. The molecule has 1 nitrogen and oxygen atoms in total. The predicted octanol–water partition coefficient (Wildman–Crippen LogP) is 5.42. The molecule has 0 radical (unpaired) electrons. The van der Waals surface area contributed by atoms with E-state index in [1.807, 2.05) is 17.8 Å². The van der Waals surface area contributed by atoms with Crippen LogP contribution in [0.2, 0.25) is 0 Å². The molecule has 0 saturated carbocycles. The van der Waals surface area contributed by atoms with Crippen molar-refractivity contribution in [2.75, 3.05) is 0 Å². The van der Waals surface area contributed by atoms with Crippen molar-refractivity contribution in [3.63, 3.8) is 0 Å². The molecule has 1 aromatic rings. The highest BCUT2D eigenvalue weighted by atomic mass is 32.2.